The summed E-state index contributed by atoms with van der Waals surface area (Å²) in [5.41, 5.74) is 4.51. The van der Waals surface area contributed by atoms with Gasteiger partial charge in [0.2, 0.25) is 0 Å². The Kier molecular flexibility index (Phi) is 3.68. The maximum atomic E-state index is 6.51. The van der Waals surface area contributed by atoms with Crippen LogP contribution in [0.1, 0.15) is 5.56 Å². The number of nitrogens with zero attached hydrogens (tertiary/aromatic N) is 7. The van der Waals surface area contributed by atoms with Gasteiger partial charge >= 0.3 is 0 Å². The third-order valence-corrected chi connectivity index (χ3v) is 4.65. The molecule has 3 aromatic heterocycles. The van der Waals surface area contributed by atoms with Gasteiger partial charge in [0.25, 0.3) is 0 Å². The molecule has 0 aliphatic heterocycles. The SMILES string of the molecule is Clc1cc(-n2cnc3ccccc32)ccc1CNc1ccc2nnnn2n1. The third-order valence-electron chi connectivity index (χ3n) is 4.30. The molecule has 0 saturated heterocycles. The number of aromatic nitrogens is 7. The second-order valence-electron chi connectivity index (χ2n) is 5.98. The molecule has 0 aliphatic rings. The number of halogens is 1. The van der Waals surface area contributed by atoms with E-state index in [-0.39, 0.29) is 0 Å². The van der Waals surface area contributed by atoms with Crippen LogP contribution in [-0.2, 0) is 6.54 Å². The predicted octanol–water partition coefficient (Wildman–Crippen LogP) is 3.12. The monoisotopic (exact) mass is 376 g/mol. The van der Waals surface area contributed by atoms with Gasteiger partial charge in [-0.1, -0.05) is 29.8 Å². The topological polar surface area (TPSA) is 85.8 Å². The number of tetrazole rings is 1. The smallest absolute Gasteiger partial charge is 0.200 e. The van der Waals surface area contributed by atoms with E-state index in [1.807, 2.05) is 53.1 Å². The Labute approximate surface area is 158 Å². The third kappa shape index (κ3) is 2.85. The number of hydrogen-bond acceptors (Lipinski definition) is 6. The largest absolute Gasteiger partial charge is 0.364 e. The number of nitrogens with one attached hydrogen (secondary N) is 1. The van der Waals surface area contributed by atoms with Gasteiger partial charge in [-0.15, -0.1) is 14.8 Å². The Morgan fingerprint density at radius 1 is 1.04 bits per heavy atom. The second kappa shape index (κ2) is 6.33. The van der Waals surface area contributed by atoms with Gasteiger partial charge in [-0.25, -0.2) is 4.98 Å². The zero-order chi connectivity index (χ0) is 18.2. The minimum atomic E-state index is 0.532. The Morgan fingerprint density at radius 3 is 2.89 bits per heavy atom. The quantitative estimate of drug-likeness (QED) is 0.518. The molecule has 0 fully saturated rings. The van der Waals surface area contributed by atoms with E-state index in [1.165, 1.54) is 4.63 Å². The minimum absolute atomic E-state index is 0.532. The van der Waals surface area contributed by atoms with Crippen molar-refractivity contribution < 1.29 is 0 Å². The van der Waals surface area contributed by atoms with Crippen molar-refractivity contribution in [2.75, 3.05) is 5.32 Å². The van der Waals surface area contributed by atoms with Crippen LogP contribution in [0.5, 0.6) is 0 Å². The fraction of sp³-hybridized carbons (Fsp3) is 0.0556. The molecule has 0 atom stereocenters. The summed E-state index contributed by atoms with van der Waals surface area (Å²) in [7, 11) is 0. The van der Waals surface area contributed by atoms with Gasteiger partial charge in [0.05, 0.1) is 11.0 Å². The fourth-order valence-corrected chi connectivity index (χ4v) is 3.17. The molecule has 0 unspecified atom stereocenters. The zero-order valence-corrected chi connectivity index (χ0v) is 14.7. The van der Waals surface area contributed by atoms with Crippen LogP contribution in [0.4, 0.5) is 5.82 Å². The zero-order valence-electron chi connectivity index (χ0n) is 14.0. The number of benzene rings is 2. The van der Waals surface area contributed by atoms with Crippen LogP contribution < -0.4 is 5.32 Å². The van der Waals surface area contributed by atoms with E-state index in [2.05, 4.69) is 30.9 Å². The van der Waals surface area contributed by atoms with Crippen molar-refractivity contribution in [3.8, 4) is 5.69 Å². The molecule has 3 heterocycles. The lowest BCUT2D eigenvalue weighted by atomic mass is 10.2. The van der Waals surface area contributed by atoms with E-state index in [0.717, 1.165) is 22.3 Å². The first-order chi connectivity index (χ1) is 13.3. The van der Waals surface area contributed by atoms with E-state index >= 15 is 0 Å². The van der Waals surface area contributed by atoms with Crippen molar-refractivity contribution in [3.05, 3.63) is 71.5 Å². The molecule has 0 radical (unpaired) electrons. The van der Waals surface area contributed by atoms with Crippen LogP contribution in [0.25, 0.3) is 22.4 Å². The maximum Gasteiger partial charge on any atom is 0.200 e. The van der Waals surface area contributed by atoms with Crippen molar-refractivity contribution in [1.29, 1.82) is 0 Å². The highest BCUT2D eigenvalue weighted by atomic mass is 35.5. The molecule has 132 valence electrons. The molecule has 0 bridgehead atoms. The highest BCUT2D eigenvalue weighted by Crippen LogP contribution is 2.24. The summed E-state index contributed by atoms with van der Waals surface area (Å²) >= 11 is 6.51. The number of rotatable bonds is 4. The van der Waals surface area contributed by atoms with Crippen LogP contribution in [0.3, 0.4) is 0 Å². The lowest BCUT2D eigenvalue weighted by Crippen LogP contribution is -2.05. The first kappa shape index (κ1) is 15.7. The number of para-hydroxylation sites is 2. The van der Waals surface area contributed by atoms with Crippen LogP contribution in [-0.4, -0.2) is 34.8 Å². The first-order valence-electron chi connectivity index (χ1n) is 8.28. The van der Waals surface area contributed by atoms with Gasteiger partial charge in [0, 0.05) is 17.3 Å². The second-order valence-corrected chi connectivity index (χ2v) is 6.38. The first-order valence-corrected chi connectivity index (χ1v) is 8.66. The van der Waals surface area contributed by atoms with Crippen molar-refractivity contribution in [3.63, 3.8) is 0 Å². The molecular formula is C18H13ClN8. The Bertz CT molecular complexity index is 1260. The van der Waals surface area contributed by atoms with Gasteiger partial charge in [-0.3, -0.25) is 4.57 Å². The molecule has 8 nitrogen and oxygen atoms in total. The van der Waals surface area contributed by atoms with E-state index < -0.39 is 0 Å². The summed E-state index contributed by atoms with van der Waals surface area (Å²) in [4.78, 5) is 4.42. The highest BCUT2D eigenvalue weighted by Gasteiger charge is 2.08. The van der Waals surface area contributed by atoms with Gasteiger partial charge in [-0.2, -0.15) is 0 Å². The van der Waals surface area contributed by atoms with Crippen molar-refractivity contribution in [1.82, 2.24) is 34.8 Å². The molecule has 0 saturated carbocycles. The number of fused-ring (bicyclic) bond motifs is 2. The predicted molar refractivity (Wildman–Crippen MR) is 102 cm³/mol. The maximum absolute atomic E-state index is 6.51. The van der Waals surface area contributed by atoms with Gasteiger partial charge in [0.1, 0.15) is 12.1 Å². The summed E-state index contributed by atoms with van der Waals surface area (Å²) in [6, 6.07) is 17.6. The van der Waals surface area contributed by atoms with Crippen LogP contribution in [0.2, 0.25) is 5.02 Å². The fourth-order valence-electron chi connectivity index (χ4n) is 2.92. The molecule has 0 amide bonds. The van der Waals surface area contributed by atoms with Crippen molar-refractivity contribution in [2.45, 2.75) is 6.54 Å². The molecule has 5 aromatic rings. The Balaban J connectivity index is 1.39. The van der Waals surface area contributed by atoms with Crippen molar-refractivity contribution in [2.24, 2.45) is 0 Å². The minimum Gasteiger partial charge on any atom is -0.364 e. The molecule has 5 rings (SSSR count). The Morgan fingerprint density at radius 2 is 1.96 bits per heavy atom. The summed E-state index contributed by atoms with van der Waals surface area (Å²) < 4.78 is 3.39. The summed E-state index contributed by atoms with van der Waals surface area (Å²) in [5.74, 6) is 0.663. The molecular weight excluding hydrogens is 364 g/mol. The average Bonchev–Trinajstić information content (AvgIpc) is 3.33. The van der Waals surface area contributed by atoms with E-state index in [1.54, 1.807) is 12.4 Å². The van der Waals surface area contributed by atoms with Crippen molar-refractivity contribution >= 4 is 34.1 Å². The molecule has 2 aromatic carbocycles. The lowest BCUT2D eigenvalue weighted by molar-refractivity contribution is 0.734. The van der Waals surface area contributed by atoms with Gasteiger partial charge < -0.3 is 5.32 Å². The van der Waals surface area contributed by atoms with Crippen LogP contribution >= 0.6 is 11.6 Å². The normalized spacial score (nSPS) is 11.3. The van der Waals surface area contributed by atoms with Crippen LogP contribution in [0, 0.1) is 0 Å². The molecule has 0 aliphatic carbocycles. The summed E-state index contributed by atoms with van der Waals surface area (Å²) in [5, 5.41) is 19.4. The average molecular weight is 377 g/mol. The lowest BCUT2D eigenvalue weighted by Gasteiger charge is -2.10. The number of imidazole rings is 1. The van der Waals surface area contributed by atoms with Gasteiger partial charge in [0.15, 0.2) is 5.65 Å². The van der Waals surface area contributed by atoms with Crippen LogP contribution in [0.15, 0.2) is 60.9 Å². The van der Waals surface area contributed by atoms with E-state index in [0.29, 0.717) is 23.0 Å². The molecule has 27 heavy (non-hydrogen) atoms. The highest BCUT2D eigenvalue weighted by molar-refractivity contribution is 6.31. The summed E-state index contributed by atoms with van der Waals surface area (Å²) in [6.07, 6.45) is 1.81. The molecule has 0 spiro atoms. The van der Waals surface area contributed by atoms with E-state index in [4.69, 9.17) is 11.6 Å². The molecule has 1 N–H and O–H groups in total. The summed E-state index contributed by atoms with van der Waals surface area (Å²) in [6.45, 7) is 0.532. The Hall–Kier alpha value is -3.52. The number of hydrogen-bond donors (Lipinski definition) is 1. The molecule has 9 heteroatoms. The van der Waals surface area contributed by atoms with E-state index in [9.17, 15) is 0 Å². The number of anilines is 1. The standard InChI is InChI=1S/C18H13ClN8/c19-14-9-13(26-11-21-15-3-1-2-4-16(15)26)6-5-12(14)10-20-17-7-8-18-22-24-25-27(18)23-17/h1-9,11H,10H2,(H,20,23). The van der Waals surface area contributed by atoms with Gasteiger partial charge in [-0.05, 0) is 52.4 Å².